The lowest BCUT2D eigenvalue weighted by atomic mass is 9.97. The molecule has 0 aromatic heterocycles. The zero-order valence-corrected chi connectivity index (χ0v) is 13.1. The van der Waals surface area contributed by atoms with E-state index in [9.17, 15) is 5.11 Å². The molecule has 1 aliphatic carbocycles. The summed E-state index contributed by atoms with van der Waals surface area (Å²) in [7, 11) is 0. The monoisotopic (exact) mass is 305 g/mol. The fourth-order valence-corrected chi connectivity index (χ4v) is 3.81. The van der Waals surface area contributed by atoms with Crippen LogP contribution in [-0.2, 0) is 12.8 Å². The molecule has 21 heavy (non-hydrogen) atoms. The number of thioether (sulfide) groups is 1. The molecule has 1 unspecified atom stereocenters. The number of aliphatic hydroxyl groups excluding tert-OH is 1. The molecular weight excluding hydrogens is 282 g/mol. The molecule has 114 valence electrons. The highest BCUT2D eigenvalue weighted by atomic mass is 32.2. The summed E-state index contributed by atoms with van der Waals surface area (Å²) >= 11 is 1.99. The Morgan fingerprint density at radius 2 is 1.90 bits per heavy atom. The molecular formula is C17H23NO2S. The molecule has 4 heteroatoms. The minimum atomic E-state index is -0.413. The molecule has 1 aliphatic heterocycles. The lowest BCUT2D eigenvalue weighted by molar-refractivity contribution is 0.0715. The van der Waals surface area contributed by atoms with Crippen molar-refractivity contribution in [1.82, 2.24) is 4.90 Å². The summed E-state index contributed by atoms with van der Waals surface area (Å²) in [5, 5.41) is 10.1. The molecule has 1 aromatic carbocycles. The Labute approximate surface area is 131 Å². The average Bonchev–Trinajstić information content (AvgIpc) is 2.54. The summed E-state index contributed by atoms with van der Waals surface area (Å²) < 4.78 is 5.77. The van der Waals surface area contributed by atoms with Crippen LogP contribution in [0.25, 0.3) is 0 Å². The quantitative estimate of drug-likeness (QED) is 0.845. The van der Waals surface area contributed by atoms with Gasteiger partial charge in [0.1, 0.15) is 18.5 Å². The third-order valence-corrected chi connectivity index (χ3v) is 4.98. The first-order valence-corrected chi connectivity index (χ1v) is 8.84. The van der Waals surface area contributed by atoms with E-state index in [1.807, 2.05) is 17.8 Å². The molecule has 1 atom stereocenters. The molecule has 0 bridgehead atoms. The van der Waals surface area contributed by atoms with Crippen molar-refractivity contribution in [2.24, 2.45) is 0 Å². The summed E-state index contributed by atoms with van der Waals surface area (Å²) in [6, 6.07) is 6.27. The van der Waals surface area contributed by atoms with Gasteiger partial charge < -0.3 is 9.84 Å². The molecule has 0 amide bonds. The van der Waals surface area contributed by atoms with E-state index < -0.39 is 6.10 Å². The largest absolute Gasteiger partial charge is 0.491 e. The van der Waals surface area contributed by atoms with Crippen LogP contribution in [0.5, 0.6) is 5.75 Å². The number of ether oxygens (including phenoxy) is 1. The van der Waals surface area contributed by atoms with Gasteiger partial charge in [0.25, 0.3) is 0 Å². The minimum Gasteiger partial charge on any atom is -0.491 e. The average molecular weight is 305 g/mol. The summed E-state index contributed by atoms with van der Waals surface area (Å²) in [5.41, 5.74) is 2.73. The van der Waals surface area contributed by atoms with Crippen LogP contribution < -0.4 is 4.74 Å². The predicted octanol–water partition coefficient (Wildman–Crippen LogP) is 2.13. The van der Waals surface area contributed by atoms with Crippen LogP contribution in [0.15, 0.2) is 30.4 Å². The first kappa shape index (κ1) is 14.9. The molecule has 0 spiro atoms. The zero-order valence-electron chi connectivity index (χ0n) is 12.3. The number of hydrogen-bond donors (Lipinski definition) is 1. The van der Waals surface area contributed by atoms with Gasteiger partial charge in [-0.05, 0) is 36.1 Å². The van der Waals surface area contributed by atoms with Crippen LogP contribution in [0.3, 0.4) is 0 Å². The van der Waals surface area contributed by atoms with E-state index in [1.54, 1.807) is 0 Å². The second kappa shape index (κ2) is 7.34. The zero-order chi connectivity index (χ0) is 14.5. The molecule has 2 aliphatic rings. The van der Waals surface area contributed by atoms with Gasteiger partial charge in [0.05, 0.1) is 0 Å². The van der Waals surface area contributed by atoms with Gasteiger partial charge in [-0.2, -0.15) is 11.8 Å². The number of rotatable bonds is 5. The van der Waals surface area contributed by atoms with Gasteiger partial charge in [0, 0.05) is 31.1 Å². The van der Waals surface area contributed by atoms with Crippen molar-refractivity contribution in [3.8, 4) is 5.75 Å². The summed E-state index contributed by atoms with van der Waals surface area (Å²) in [5.74, 6) is 3.22. The molecule has 1 fully saturated rings. The normalized spacial score (nSPS) is 20.0. The van der Waals surface area contributed by atoms with Crippen molar-refractivity contribution in [2.75, 3.05) is 37.7 Å². The van der Waals surface area contributed by atoms with Gasteiger partial charge in [-0.1, -0.05) is 18.2 Å². The summed E-state index contributed by atoms with van der Waals surface area (Å²) in [6.45, 7) is 3.24. The van der Waals surface area contributed by atoms with Crippen molar-refractivity contribution in [3.63, 3.8) is 0 Å². The fraction of sp³-hybridized carbons (Fsp3) is 0.529. The molecule has 1 aromatic rings. The van der Waals surface area contributed by atoms with Crippen molar-refractivity contribution >= 4 is 11.8 Å². The maximum atomic E-state index is 10.1. The van der Waals surface area contributed by atoms with E-state index in [1.165, 1.54) is 22.6 Å². The molecule has 1 saturated heterocycles. The van der Waals surface area contributed by atoms with Crippen molar-refractivity contribution in [3.05, 3.63) is 41.5 Å². The van der Waals surface area contributed by atoms with Crippen LogP contribution in [0.1, 0.15) is 11.1 Å². The van der Waals surface area contributed by atoms with E-state index in [2.05, 4.69) is 29.2 Å². The standard InChI is InChI=1S/C17H23NO2S/c19-16(12-18-7-9-21-10-8-18)13-20-17-6-5-14-3-1-2-4-15(14)11-17/h1-2,5-6,11,16,19H,3-4,7-10,12-13H2. The number of aliphatic hydroxyl groups is 1. The Morgan fingerprint density at radius 1 is 1.14 bits per heavy atom. The summed E-state index contributed by atoms with van der Waals surface area (Å²) in [4.78, 5) is 2.32. The topological polar surface area (TPSA) is 32.7 Å². The first-order valence-electron chi connectivity index (χ1n) is 7.69. The van der Waals surface area contributed by atoms with E-state index in [4.69, 9.17) is 4.74 Å². The minimum absolute atomic E-state index is 0.373. The van der Waals surface area contributed by atoms with Gasteiger partial charge in [-0.3, -0.25) is 4.90 Å². The number of fused-ring (bicyclic) bond motifs is 1. The second-order valence-electron chi connectivity index (χ2n) is 5.69. The Kier molecular flexibility index (Phi) is 5.22. The number of benzene rings is 1. The lowest BCUT2D eigenvalue weighted by Crippen LogP contribution is -2.40. The third kappa shape index (κ3) is 4.25. The van der Waals surface area contributed by atoms with E-state index in [-0.39, 0.29) is 0 Å². The van der Waals surface area contributed by atoms with Crippen molar-refractivity contribution in [2.45, 2.75) is 18.9 Å². The lowest BCUT2D eigenvalue weighted by Gasteiger charge is -2.28. The van der Waals surface area contributed by atoms with Crippen LogP contribution >= 0.6 is 11.8 Å². The number of hydrogen-bond acceptors (Lipinski definition) is 4. The highest BCUT2D eigenvalue weighted by Crippen LogP contribution is 2.22. The van der Waals surface area contributed by atoms with Crippen LogP contribution in [0.2, 0.25) is 0 Å². The van der Waals surface area contributed by atoms with Gasteiger partial charge in [0.2, 0.25) is 0 Å². The Balaban J connectivity index is 1.48. The molecule has 3 nitrogen and oxygen atoms in total. The smallest absolute Gasteiger partial charge is 0.119 e. The number of nitrogens with zero attached hydrogens (tertiary/aromatic N) is 1. The fourth-order valence-electron chi connectivity index (χ4n) is 2.83. The maximum Gasteiger partial charge on any atom is 0.119 e. The Morgan fingerprint density at radius 3 is 2.71 bits per heavy atom. The second-order valence-corrected chi connectivity index (χ2v) is 6.91. The molecule has 0 saturated carbocycles. The highest BCUT2D eigenvalue weighted by molar-refractivity contribution is 7.99. The van der Waals surface area contributed by atoms with Crippen LogP contribution in [0, 0.1) is 0 Å². The summed E-state index contributed by atoms with van der Waals surface area (Å²) in [6.07, 6.45) is 6.01. The van der Waals surface area contributed by atoms with Crippen LogP contribution in [-0.4, -0.2) is 53.9 Å². The predicted molar refractivity (Wildman–Crippen MR) is 88.3 cm³/mol. The first-order chi connectivity index (χ1) is 10.3. The van der Waals surface area contributed by atoms with Gasteiger partial charge >= 0.3 is 0 Å². The molecule has 1 N–H and O–H groups in total. The number of β-amino-alcohol motifs (C(OH)–C–C–N with tert-alkyl or cyclic N) is 1. The molecule has 0 radical (unpaired) electrons. The van der Waals surface area contributed by atoms with Crippen molar-refractivity contribution < 1.29 is 9.84 Å². The third-order valence-electron chi connectivity index (χ3n) is 4.03. The molecule has 1 heterocycles. The molecule has 3 rings (SSSR count). The highest BCUT2D eigenvalue weighted by Gasteiger charge is 2.15. The SMILES string of the molecule is OC(COc1ccc2c(c1)CC=CC2)CN1CCSCC1. The van der Waals surface area contributed by atoms with Crippen LogP contribution in [0.4, 0.5) is 0 Å². The van der Waals surface area contributed by atoms with E-state index in [0.29, 0.717) is 13.2 Å². The van der Waals surface area contributed by atoms with Gasteiger partial charge in [-0.15, -0.1) is 0 Å². The van der Waals surface area contributed by atoms with E-state index in [0.717, 1.165) is 31.7 Å². The van der Waals surface area contributed by atoms with E-state index >= 15 is 0 Å². The van der Waals surface area contributed by atoms with Gasteiger partial charge in [-0.25, -0.2) is 0 Å². The Hall–Kier alpha value is -0.970. The van der Waals surface area contributed by atoms with Gasteiger partial charge in [0.15, 0.2) is 0 Å². The number of allylic oxidation sites excluding steroid dienone is 2. The maximum absolute atomic E-state index is 10.1. The Bertz CT molecular complexity index is 498. The van der Waals surface area contributed by atoms with Crippen molar-refractivity contribution in [1.29, 1.82) is 0 Å².